The van der Waals surface area contributed by atoms with Crippen molar-refractivity contribution in [1.82, 2.24) is 5.32 Å². The van der Waals surface area contributed by atoms with Gasteiger partial charge in [0, 0.05) is 26.2 Å². The fourth-order valence-electron chi connectivity index (χ4n) is 2.90. The van der Waals surface area contributed by atoms with E-state index >= 15 is 0 Å². The third kappa shape index (κ3) is 3.97. The van der Waals surface area contributed by atoms with Crippen LogP contribution in [-0.2, 0) is 11.2 Å². The Morgan fingerprint density at radius 2 is 2.25 bits per heavy atom. The van der Waals surface area contributed by atoms with Crippen molar-refractivity contribution in [2.45, 2.75) is 51.7 Å². The van der Waals surface area contributed by atoms with Crippen LogP contribution in [0.5, 0.6) is 5.75 Å². The summed E-state index contributed by atoms with van der Waals surface area (Å²) < 4.78 is 11.1. The first-order valence-corrected chi connectivity index (χ1v) is 7.76. The van der Waals surface area contributed by atoms with Gasteiger partial charge in [0.05, 0.1) is 6.10 Å². The summed E-state index contributed by atoms with van der Waals surface area (Å²) in [6, 6.07) is 7.09. The molecule has 112 valence electrons. The second kappa shape index (κ2) is 7.65. The summed E-state index contributed by atoms with van der Waals surface area (Å²) >= 11 is 0. The Labute approximate surface area is 122 Å². The van der Waals surface area contributed by atoms with Gasteiger partial charge < -0.3 is 14.8 Å². The Bertz CT molecular complexity index is 419. The summed E-state index contributed by atoms with van der Waals surface area (Å²) in [5.74, 6) is 0.990. The van der Waals surface area contributed by atoms with Crippen molar-refractivity contribution in [2.24, 2.45) is 0 Å². The second-order valence-electron chi connectivity index (χ2n) is 5.57. The minimum Gasteiger partial charge on any atom is -0.491 e. The molecule has 1 aliphatic rings. The Morgan fingerprint density at radius 3 is 3.00 bits per heavy atom. The van der Waals surface area contributed by atoms with E-state index in [2.05, 4.69) is 37.4 Å². The molecule has 1 aromatic carbocycles. The van der Waals surface area contributed by atoms with Crippen LogP contribution in [0.2, 0.25) is 0 Å². The van der Waals surface area contributed by atoms with E-state index in [1.807, 2.05) is 0 Å². The van der Waals surface area contributed by atoms with Crippen molar-refractivity contribution in [3.05, 3.63) is 29.3 Å². The molecule has 0 aliphatic heterocycles. The first-order chi connectivity index (χ1) is 9.74. The number of fused-ring (bicyclic) bond motifs is 1. The van der Waals surface area contributed by atoms with Gasteiger partial charge in [0.25, 0.3) is 0 Å². The van der Waals surface area contributed by atoms with Crippen LogP contribution >= 0.6 is 0 Å². The van der Waals surface area contributed by atoms with Gasteiger partial charge in [-0.05, 0) is 56.0 Å². The molecule has 0 saturated heterocycles. The van der Waals surface area contributed by atoms with E-state index in [4.69, 9.17) is 9.47 Å². The number of methoxy groups -OCH3 is 1. The van der Waals surface area contributed by atoms with Gasteiger partial charge in [0.15, 0.2) is 0 Å². The molecule has 2 rings (SSSR count). The van der Waals surface area contributed by atoms with E-state index in [0.717, 1.165) is 25.3 Å². The number of hydrogen-bond donors (Lipinski definition) is 1. The Balaban J connectivity index is 2.03. The average molecular weight is 277 g/mol. The van der Waals surface area contributed by atoms with E-state index in [1.54, 1.807) is 7.11 Å². The van der Waals surface area contributed by atoms with Gasteiger partial charge in [-0.15, -0.1) is 0 Å². The van der Waals surface area contributed by atoms with Crippen molar-refractivity contribution in [2.75, 3.05) is 20.3 Å². The number of rotatable bonds is 7. The third-order valence-corrected chi connectivity index (χ3v) is 3.95. The lowest BCUT2D eigenvalue weighted by atomic mass is 9.87. The highest BCUT2D eigenvalue weighted by molar-refractivity contribution is 5.39. The van der Waals surface area contributed by atoms with Crippen LogP contribution < -0.4 is 10.1 Å². The van der Waals surface area contributed by atoms with Gasteiger partial charge in [0.1, 0.15) is 5.75 Å². The van der Waals surface area contributed by atoms with E-state index in [0.29, 0.717) is 6.04 Å². The SMILES string of the molecule is CCNC1CCCc2cc(OC(C)CCOC)ccc21. The molecule has 20 heavy (non-hydrogen) atoms. The smallest absolute Gasteiger partial charge is 0.119 e. The zero-order chi connectivity index (χ0) is 14.4. The summed E-state index contributed by atoms with van der Waals surface area (Å²) in [7, 11) is 1.73. The molecular formula is C17H27NO2. The summed E-state index contributed by atoms with van der Waals surface area (Å²) in [6.45, 7) is 6.04. The minimum atomic E-state index is 0.196. The lowest BCUT2D eigenvalue weighted by Crippen LogP contribution is -2.25. The molecule has 0 amide bonds. The van der Waals surface area contributed by atoms with Gasteiger partial charge in [-0.25, -0.2) is 0 Å². The van der Waals surface area contributed by atoms with Crippen molar-refractivity contribution in [1.29, 1.82) is 0 Å². The largest absolute Gasteiger partial charge is 0.491 e. The summed E-state index contributed by atoms with van der Waals surface area (Å²) in [6.07, 6.45) is 4.79. The molecule has 2 unspecified atom stereocenters. The normalized spacial score (nSPS) is 19.4. The third-order valence-electron chi connectivity index (χ3n) is 3.95. The molecule has 1 aromatic rings. The van der Waals surface area contributed by atoms with E-state index in [-0.39, 0.29) is 6.10 Å². The topological polar surface area (TPSA) is 30.5 Å². The number of benzene rings is 1. The molecule has 0 fully saturated rings. The minimum absolute atomic E-state index is 0.196. The van der Waals surface area contributed by atoms with Crippen molar-refractivity contribution < 1.29 is 9.47 Å². The predicted molar refractivity (Wildman–Crippen MR) is 82.4 cm³/mol. The highest BCUT2D eigenvalue weighted by atomic mass is 16.5. The maximum absolute atomic E-state index is 5.98. The molecule has 3 heteroatoms. The van der Waals surface area contributed by atoms with Crippen LogP contribution in [0.15, 0.2) is 18.2 Å². The van der Waals surface area contributed by atoms with Gasteiger partial charge >= 0.3 is 0 Å². The van der Waals surface area contributed by atoms with Gasteiger partial charge in [-0.1, -0.05) is 13.0 Å². The van der Waals surface area contributed by atoms with Crippen LogP contribution in [0.4, 0.5) is 0 Å². The van der Waals surface area contributed by atoms with Gasteiger partial charge in [-0.2, -0.15) is 0 Å². The fourth-order valence-corrected chi connectivity index (χ4v) is 2.90. The Morgan fingerprint density at radius 1 is 1.40 bits per heavy atom. The molecule has 2 atom stereocenters. The fraction of sp³-hybridized carbons (Fsp3) is 0.647. The molecular weight excluding hydrogens is 250 g/mol. The van der Waals surface area contributed by atoms with E-state index in [9.17, 15) is 0 Å². The molecule has 0 aromatic heterocycles. The van der Waals surface area contributed by atoms with Crippen LogP contribution in [0.1, 0.15) is 50.3 Å². The molecule has 0 spiro atoms. The second-order valence-corrected chi connectivity index (χ2v) is 5.57. The highest BCUT2D eigenvalue weighted by Crippen LogP contribution is 2.32. The summed E-state index contributed by atoms with van der Waals surface area (Å²) in [5, 5.41) is 3.57. The van der Waals surface area contributed by atoms with Crippen molar-refractivity contribution in [3.8, 4) is 5.75 Å². The number of aryl methyl sites for hydroxylation is 1. The number of ether oxygens (including phenoxy) is 2. The standard InChI is InChI=1S/C17H27NO2/c1-4-18-17-7-5-6-14-12-15(8-9-16(14)17)20-13(2)10-11-19-3/h8-9,12-13,17-18H,4-7,10-11H2,1-3H3. The van der Waals surface area contributed by atoms with Crippen LogP contribution in [0.3, 0.4) is 0 Å². The summed E-state index contributed by atoms with van der Waals surface area (Å²) in [5.41, 5.74) is 2.90. The number of nitrogens with one attached hydrogen (secondary N) is 1. The highest BCUT2D eigenvalue weighted by Gasteiger charge is 2.19. The monoisotopic (exact) mass is 277 g/mol. The first-order valence-electron chi connectivity index (χ1n) is 7.76. The zero-order valence-corrected chi connectivity index (χ0v) is 12.9. The lowest BCUT2D eigenvalue weighted by molar-refractivity contribution is 0.135. The molecule has 0 heterocycles. The Hall–Kier alpha value is -1.06. The molecule has 1 N–H and O–H groups in total. The molecule has 0 bridgehead atoms. The molecule has 0 saturated carbocycles. The Kier molecular flexibility index (Phi) is 5.86. The number of hydrogen-bond acceptors (Lipinski definition) is 3. The van der Waals surface area contributed by atoms with E-state index in [1.165, 1.54) is 30.4 Å². The van der Waals surface area contributed by atoms with Crippen molar-refractivity contribution in [3.63, 3.8) is 0 Å². The molecule has 0 radical (unpaired) electrons. The molecule has 1 aliphatic carbocycles. The quantitative estimate of drug-likeness (QED) is 0.827. The zero-order valence-electron chi connectivity index (χ0n) is 12.9. The van der Waals surface area contributed by atoms with Crippen LogP contribution in [0.25, 0.3) is 0 Å². The van der Waals surface area contributed by atoms with Crippen LogP contribution in [-0.4, -0.2) is 26.4 Å². The van der Waals surface area contributed by atoms with Crippen LogP contribution in [0, 0.1) is 0 Å². The lowest BCUT2D eigenvalue weighted by Gasteiger charge is -2.27. The first kappa shape index (κ1) is 15.3. The van der Waals surface area contributed by atoms with Gasteiger partial charge in [0.2, 0.25) is 0 Å². The maximum Gasteiger partial charge on any atom is 0.119 e. The average Bonchev–Trinajstić information content (AvgIpc) is 2.45. The maximum atomic E-state index is 5.98. The molecule has 3 nitrogen and oxygen atoms in total. The van der Waals surface area contributed by atoms with Gasteiger partial charge in [-0.3, -0.25) is 0 Å². The van der Waals surface area contributed by atoms with Crippen molar-refractivity contribution >= 4 is 0 Å². The summed E-state index contributed by atoms with van der Waals surface area (Å²) in [4.78, 5) is 0. The van der Waals surface area contributed by atoms with E-state index < -0.39 is 0 Å². The predicted octanol–water partition coefficient (Wildman–Crippen LogP) is 3.48.